The summed E-state index contributed by atoms with van der Waals surface area (Å²) in [6, 6.07) is 10.3. The molecular formula is C23H28O4. The lowest BCUT2D eigenvalue weighted by molar-refractivity contribution is -0.240. The highest BCUT2D eigenvalue weighted by molar-refractivity contribution is 5.25. The predicted octanol–water partition coefficient (Wildman–Crippen LogP) is 4.07. The number of rotatable bonds is 5. The van der Waals surface area contributed by atoms with Gasteiger partial charge in [-0.2, -0.15) is 0 Å². The molecule has 4 nitrogen and oxygen atoms in total. The van der Waals surface area contributed by atoms with E-state index in [-0.39, 0.29) is 18.5 Å². The minimum atomic E-state index is -0.652. The van der Waals surface area contributed by atoms with Gasteiger partial charge < -0.3 is 18.9 Å². The van der Waals surface area contributed by atoms with Crippen LogP contribution in [0.3, 0.4) is 0 Å². The molecule has 4 aliphatic rings. The van der Waals surface area contributed by atoms with Gasteiger partial charge in [0.25, 0.3) is 0 Å². The number of fused-ring (bicyclic) bond motifs is 5. The van der Waals surface area contributed by atoms with Crippen molar-refractivity contribution in [2.45, 2.75) is 56.8 Å². The third-order valence-corrected chi connectivity index (χ3v) is 6.98. The highest BCUT2D eigenvalue weighted by atomic mass is 16.8. The number of ether oxygens (including phenoxy) is 4. The van der Waals surface area contributed by atoms with Gasteiger partial charge in [-0.05, 0) is 49.5 Å². The van der Waals surface area contributed by atoms with Crippen molar-refractivity contribution in [3.05, 3.63) is 61.2 Å². The molecular weight excluding hydrogens is 340 g/mol. The number of hydrogen-bond donors (Lipinski definition) is 0. The average molecular weight is 368 g/mol. The fourth-order valence-electron chi connectivity index (χ4n) is 5.90. The Labute approximate surface area is 161 Å². The van der Waals surface area contributed by atoms with E-state index in [9.17, 15) is 0 Å². The molecule has 0 spiro atoms. The van der Waals surface area contributed by atoms with Gasteiger partial charge in [0.05, 0.1) is 12.7 Å². The maximum Gasteiger partial charge on any atom is 0.190 e. The monoisotopic (exact) mass is 368 g/mol. The first-order chi connectivity index (χ1) is 13.0. The van der Waals surface area contributed by atoms with Crippen molar-refractivity contribution in [3.8, 4) is 0 Å². The summed E-state index contributed by atoms with van der Waals surface area (Å²) in [6.07, 6.45) is 4.45. The molecule has 2 heterocycles. The first kappa shape index (κ1) is 17.6. The van der Waals surface area contributed by atoms with Gasteiger partial charge in [-0.3, -0.25) is 0 Å². The maximum absolute atomic E-state index is 6.68. The standard InChI is InChI=1S/C23H28O4/c1-5-15-16(6-2)18-17(15)12-23(24-13-14-10-8-7-9-11-14)19(18)25-21-20(23)26-22(3,4)27-21/h5-11,15-21H,1-2,12-13H2,3-4H3/t15-,16+,17+,18-,19-,20+,21-,23-/m1/s1. The lowest BCUT2D eigenvalue weighted by Gasteiger charge is -2.47. The van der Waals surface area contributed by atoms with Crippen molar-refractivity contribution in [1.82, 2.24) is 0 Å². The Hall–Kier alpha value is -1.46. The molecule has 144 valence electrons. The van der Waals surface area contributed by atoms with Gasteiger partial charge in [0.15, 0.2) is 12.1 Å². The average Bonchev–Trinajstić information content (AvgIpc) is 3.18. The van der Waals surface area contributed by atoms with Crippen LogP contribution < -0.4 is 0 Å². The zero-order valence-corrected chi connectivity index (χ0v) is 16.0. The van der Waals surface area contributed by atoms with Crippen LogP contribution in [0.4, 0.5) is 0 Å². The van der Waals surface area contributed by atoms with Crippen molar-refractivity contribution in [2.24, 2.45) is 23.7 Å². The van der Waals surface area contributed by atoms with Gasteiger partial charge in [-0.25, -0.2) is 0 Å². The van der Waals surface area contributed by atoms with Gasteiger partial charge in [-0.15, -0.1) is 13.2 Å². The second kappa shape index (κ2) is 6.02. The molecule has 0 amide bonds. The zero-order valence-electron chi connectivity index (χ0n) is 16.0. The van der Waals surface area contributed by atoms with E-state index in [2.05, 4.69) is 37.4 Å². The molecule has 2 aliphatic heterocycles. The molecule has 0 N–H and O–H groups in total. The van der Waals surface area contributed by atoms with Crippen molar-refractivity contribution in [1.29, 1.82) is 0 Å². The third kappa shape index (κ3) is 2.44. The summed E-state index contributed by atoms with van der Waals surface area (Å²) < 4.78 is 25.5. The minimum Gasteiger partial charge on any atom is -0.365 e. The highest BCUT2D eigenvalue weighted by Gasteiger charge is 2.75. The summed E-state index contributed by atoms with van der Waals surface area (Å²) in [7, 11) is 0. The van der Waals surface area contributed by atoms with E-state index < -0.39 is 11.4 Å². The Balaban J connectivity index is 1.47. The summed E-state index contributed by atoms with van der Waals surface area (Å²) >= 11 is 0. The van der Waals surface area contributed by atoms with Crippen molar-refractivity contribution in [2.75, 3.05) is 0 Å². The zero-order chi connectivity index (χ0) is 18.8. The quantitative estimate of drug-likeness (QED) is 0.734. The van der Waals surface area contributed by atoms with Gasteiger partial charge in [0.2, 0.25) is 0 Å². The predicted molar refractivity (Wildman–Crippen MR) is 102 cm³/mol. The van der Waals surface area contributed by atoms with E-state index in [0.717, 1.165) is 12.0 Å². The second-order valence-electron chi connectivity index (χ2n) is 8.78. The molecule has 0 aromatic heterocycles. The van der Waals surface area contributed by atoms with E-state index in [4.69, 9.17) is 18.9 Å². The van der Waals surface area contributed by atoms with E-state index in [1.807, 2.05) is 32.0 Å². The molecule has 0 bridgehead atoms. The molecule has 8 atom stereocenters. The van der Waals surface area contributed by atoms with E-state index in [1.165, 1.54) is 0 Å². The molecule has 0 radical (unpaired) electrons. The van der Waals surface area contributed by atoms with Crippen LogP contribution >= 0.6 is 0 Å². The third-order valence-electron chi connectivity index (χ3n) is 6.98. The van der Waals surface area contributed by atoms with Gasteiger partial charge in [0, 0.05) is 0 Å². The molecule has 5 rings (SSSR count). The molecule has 1 aromatic carbocycles. The number of allylic oxidation sites excluding steroid dienone is 2. The fourth-order valence-corrected chi connectivity index (χ4v) is 5.90. The Kier molecular flexibility index (Phi) is 3.93. The molecule has 2 saturated heterocycles. The fraction of sp³-hybridized carbons (Fsp3) is 0.565. The number of hydrogen-bond acceptors (Lipinski definition) is 4. The summed E-state index contributed by atoms with van der Waals surface area (Å²) in [5.74, 6) is 1.06. The Bertz CT molecular complexity index is 744. The molecule has 4 heteroatoms. The van der Waals surface area contributed by atoms with Crippen molar-refractivity contribution >= 4 is 0 Å². The molecule has 2 aliphatic carbocycles. The molecule has 27 heavy (non-hydrogen) atoms. The summed E-state index contributed by atoms with van der Waals surface area (Å²) in [4.78, 5) is 0. The Morgan fingerprint density at radius 1 is 1.07 bits per heavy atom. The van der Waals surface area contributed by atoms with Crippen LogP contribution in [0.15, 0.2) is 55.6 Å². The van der Waals surface area contributed by atoms with Crippen molar-refractivity contribution < 1.29 is 18.9 Å². The normalized spacial score (nSPS) is 46.2. The minimum absolute atomic E-state index is 0.0310. The molecule has 1 aromatic rings. The van der Waals surface area contributed by atoms with Crippen LogP contribution in [-0.2, 0) is 25.6 Å². The van der Waals surface area contributed by atoms with Gasteiger partial charge >= 0.3 is 0 Å². The van der Waals surface area contributed by atoms with Crippen LogP contribution in [0.2, 0.25) is 0 Å². The van der Waals surface area contributed by atoms with Crippen LogP contribution in [-0.4, -0.2) is 29.9 Å². The number of benzene rings is 1. The summed E-state index contributed by atoms with van der Waals surface area (Å²) in [6.45, 7) is 12.5. The smallest absolute Gasteiger partial charge is 0.190 e. The van der Waals surface area contributed by atoms with Crippen LogP contribution in [0.1, 0.15) is 25.8 Å². The summed E-state index contributed by atoms with van der Waals surface area (Å²) in [5, 5.41) is 0. The molecule has 0 unspecified atom stereocenters. The van der Waals surface area contributed by atoms with E-state index in [0.29, 0.717) is 30.3 Å². The first-order valence-corrected chi connectivity index (χ1v) is 9.93. The molecule has 4 fully saturated rings. The topological polar surface area (TPSA) is 36.9 Å². The Morgan fingerprint density at radius 2 is 1.81 bits per heavy atom. The highest BCUT2D eigenvalue weighted by Crippen LogP contribution is 2.66. The Morgan fingerprint density at radius 3 is 2.52 bits per heavy atom. The second-order valence-corrected chi connectivity index (χ2v) is 8.78. The van der Waals surface area contributed by atoms with Crippen LogP contribution in [0.25, 0.3) is 0 Å². The maximum atomic E-state index is 6.68. The largest absolute Gasteiger partial charge is 0.365 e. The van der Waals surface area contributed by atoms with Crippen molar-refractivity contribution in [3.63, 3.8) is 0 Å². The van der Waals surface area contributed by atoms with E-state index >= 15 is 0 Å². The SMILES string of the molecule is C=C[C@@H]1[C@H](C=C)[C@@H]2[C@H]1C[C@@]1(OCc3ccccc3)[C@@H]2O[C@@H]2OC(C)(C)O[C@@H]21. The molecule has 2 saturated carbocycles. The summed E-state index contributed by atoms with van der Waals surface area (Å²) in [5.41, 5.74) is 0.676. The van der Waals surface area contributed by atoms with E-state index in [1.54, 1.807) is 0 Å². The van der Waals surface area contributed by atoms with Gasteiger partial charge in [-0.1, -0.05) is 42.5 Å². The van der Waals surface area contributed by atoms with Crippen LogP contribution in [0, 0.1) is 23.7 Å². The van der Waals surface area contributed by atoms with Crippen LogP contribution in [0.5, 0.6) is 0 Å². The van der Waals surface area contributed by atoms with Gasteiger partial charge in [0.1, 0.15) is 11.7 Å². The lowest BCUT2D eigenvalue weighted by atomic mass is 9.58. The first-order valence-electron chi connectivity index (χ1n) is 9.93. The lowest BCUT2D eigenvalue weighted by Crippen LogP contribution is -2.50.